The Hall–Kier alpha value is -1.49. The second kappa shape index (κ2) is 6.10. The number of rotatable bonds is 5. The third-order valence-electron chi connectivity index (χ3n) is 3.30. The molecule has 1 N–H and O–H groups in total. The number of hydrogen-bond acceptors (Lipinski definition) is 3. The number of β-lactam (4-membered cyclic amide) rings is 1. The predicted octanol–water partition coefficient (Wildman–Crippen LogP) is 1.47. The molecular weight excluding hydrogens is 260 g/mol. The zero-order chi connectivity index (χ0) is 13.8. The summed E-state index contributed by atoms with van der Waals surface area (Å²) in [6.45, 7) is 2.56. The normalized spacial score (nSPS) is 22.0. The number of likely N-dealkylation sites (tertiary alicyclic amines) is 1. The number of nitrogens with one attached hydrogen (secondary N) is 1. The predicted molar refractivity (Wildman–Crippen MR) is 76.5 cm³/mol. The monoisotopic (exact) mass is 278 g/mol. The van der Waals surface area contributed by atoms with E-state index in [-0.39, 0.29) is 29.7 Å². The highest BCUT2D eigenvalue weighted by atomic mass is 32.2. The Morgan fingerprint density at radius 2 is 2.05 bits per heavy atom. The van der Waals surface area contributed by atoms with Crippen molar-refractivity contribution < 1.29 is 9.59 Å². The van der Waals surface area contributed by atoms with Gasteiger partial charge in [0.1, 0.15) is 6.54 Å². The summed E-state index contributed by atoms with van der Waals surface area (Å²) >= 11 is 1.61. The molecule has 102 valence electrons. The summed E-state index contributed by atoms with van der Waals surface area (Å²) in [7, 11) is 0. The van der Waals surface area contributed by atoms with E-state index in [4.69, 9.17) is 0 Å². The van der Waals surface area contributed by atoms with Gasteiger partial charge in [-0.1, -0.05) is 37.3 Å². The molecule has 1 heterocycles. The van der Waals surface area contributed by atoms with E-state index in [1.54, 1.807) is 16.7 Å². The van der Waals surface area contributed by atoms with Gasteiger partial charge in [0.15, 0.2) is 0 Å². The fourth-order valence-corrected chi connectivity index (χ4v) is 3.16. The van der Waals surface area contributed by atoms with Gasteiger partial charge in [0.05, 0.1) is 11.3 Å². The quantitative estimate of drug-likeness (QED) is 0.830. The number of hydrogen-bond donors (Lipinski definition) is 1. The van der Waals surface area contributed by atoms with Crippen LogP contribution in [0, 0.1) is 5.92 Å². The minimum Gasteiger partial charge on any atom is -0.350 e. The van der Waals surface area contributed by atoms with Crippen LogP contribution in [0.3, 0.4) is 0 Å². The first-order valence-electron chi connectivity index (χ1n) is 6.27. The van der Waals surface area contributed by atoms with Gasteiger partial charge in [0.25, 0.3) is 0 Å². The molecule has 0 aliphatic carbocycles. The highest BCUT2D eigenvalue weighted by molar-refractivity contribution is 7.99. The van der Waals surface area contributed by atoms with Crippen LogP contribution in [-0.4, -0.2) is 34.9 Å². The maximum Gasteiger partial charge on any atom is 0.239 e. The fourth-order valence-electron chi connectivity index (χ4n) is 2.20. The molecule has 1 aromatic carbocycles. The van der Waals surface area contributed by atoms with Crippen LogP contribution in [0.4, 0.5) is 0 Å². The molecule has 0 radical (unpaired) electrons. The number of nitrogens with zero attached hydrogens (tertiary/aromatic N) is 1. The van der Waals surface area contributed by atoms with Crippen LogP contribution in [0.15, 0.2) is 30.3 Å². The van der Waals surface area contributed by atoms with E-state index in [9.17, 15) is 9.59 Å². The fraction of sp³-hybridized carbons (Fsp3) is 0.429. The third kappa shape index (κ3) is 3.10. The molecule has 1 aliphatic heterocycles. The van der Waals surface area contributed by atoms with Gasteiger partial charge in [-0.15, -0.1) is 11.8 Å². The number of benzene rings is 1. The van der Waals surface area contributed by atoms with Gasteiger partial charge in [-0.25, -0.2) is 0 Å². The molecular formula is C14H18N2O2S. The molecule has 1 aliphatic rings. The minimum absolute atomic E-state index is 0.0249. The largest absolute Gasteiger partial charge is 0.350 e. The maximum atomic E-state index is 11.8. The lowest BCUT2D eigenvalue weighted by molar-refractivity contribution is -0.152. The number of thioether (sulfide) groups is 1. The Labute approximate surface area is 117 Å². The summed E-state index contributed by atoms with van der Waals surface area (Å²) in [5, 5.41) is 2.97. The Morgan fingerprint density at radius 3 is 2.68 bits per heavy atom. The highest BCUT2D eigenvalue weighted by Crippen LogP contribution is 2.32. The van der Waals surface area contributed by atoms with Gasteiger partial charge in [-0.2, -0.15) is 0 Å². The zero-order valence-corrected chi connectivity index (χ0v) is 11.9. The van der Waals surface area contributed by atoms with E-state index in [1.165, 1.54) is 0 Å². The average molecular weight is 278 g/mol. The standard InChI is InChI=1S/C14H18N2O2S/c1-10-13(18)16(14(10)19-2)9-12(17)15-8-11-6-4-3-5-7-11/h3-7,10,14H,8-9H2,1-2H3,(H,15,17)/t10-,14+/m0/s1. The van der Waals surface area contributed by atoms with Crippen molar-refractivity contribution in [3.8, 4) is 0 Å². The summed E-state index contributed by atoms with van der Waals surface area (Å²) in [5.41, 5.74) is 1.06. The third-order valence-corrected chi connectivity index (χ3v) is 4.44. The first kappa shape index (κ1) is 13.9. The molecule has 5 heteroatoms. The van der Waals surface area contributed by atoms with Crippen molar-refractivity contribution >= 4 is 23.6 Å². The Morgan fingerprint density at radius 1 is 1.37 bits per heavy atom. The van der Waals surface area contributed by atoms with Crippen molar-refractivity contribution in [2.45, 2.75) is 18.8 Å². The molecule has 0 aromatic heterocycles. The van der Waals surface area contributed by atoms with E-state index < -0.39 is 0 Å². The van der Waals surface area contributed by atoms with E-state index in [1.807, 2.05) is 43.5 Å². The van der Waals surface area contributed by atoms with Gasteiger partial charge in [0.2, 0.25) is 11.8 Å². The topological polar surface area (TPSA) is 49.4 Å². The summed E-state index contributed by atoms with van der Waals surface area (Å²) in [6.07, 6.45) is 1.96. The molecule has 2 amide bonds. The first-order chi connectivity index (χ1) is 9.13. The Balaban J connectivity index is 1.80. The van der Waals surface area contributed by atoms with Gasteiger partial charge in [-0.05, 0) is 11.8 Å². The molecule has 0 spiro atoms. The molecule has 4 nitrogen and oxygen atoms in total. The lowest BCUT2D eigenvalue weighted by Gasteiger charge is -2.44. The van der Waals surface area contributed by atoms with Crippen molar-refractivity contribution in [3.63, 3.8) is 0 Å². The van der Waals surface area contributed by atoms with Gasteiger partial charge in [0, 0.05) is 6.54 Å². The van der Waals surface area contributed by atoms with E-state index in [0.717, 1.165) is 5.56 Å². The van der Waals surface area contributed by atoms with Crippen molar-refractivity contribution in [1.29, 1.82) is 0 Å². The van der Waals surface area contributed by atoms with Crippen LogP contribution in [0.25, 0.3) is 0 Å². The van der Waals surface area contributed by atoms with E-state index in [2.05, 4.69) is 5.32 Å². The summed E-state index contributed by atoms with van der Waals surface area (Å²) < 4.78 is 0. The molecule has 2 rings (SSSR count). The molecule has 1 fully saturated rings. The Bertz CT molecular complexity index is 464. The number of carbonyl (C=O) groups is 2. The summed E-state index contributed by atoms with van der Waals surface area (Å²) in [6, 6.07) is 9.73. The first-order valence-corrected chi connectivity index (χ1v) is 7.56. The Kier molecular flexibility index (Phi) is 4.47. The molecule has 1 aromatic rings. The summed E-state index contributed by atoms with van der Waals surface area (Å²) in [4.78, 5) is 25.1. The van der Waals surface area contributed by atoms with E-state index in [0.29, 0.717) is 6.54 Å². The van der Waals surface area contributed by atoms with Crippen LogP contribution in [-0.2, 0) is 16.1 Å². The zero-order valence-electron chi connectivity index (χ0n) is 11.1. The smallest absolute Gasteiger partial charge is 0.239 e. The second-order valence-corrected chi connectivity index (χ2v) is 5.60. The highest BCUT2D eigenvalue weighted by Gasteiger charge is 2.44. The van der Waals surface area contributed by atoms with Gasteiger partial charge >= 0.3 is 0 Å². The van der Waals surface area contributed by atoms with Gasteiger partial charge < -0.3 is 10.2 Å². The lowest BCUT2D eigenvalue weighted by Crippen LogP contribution is -2.60. The van der Waals surface area contributed by atoms with Crippen molar-refractivity contribution in [2.24, 2.45) is 5.92 Å². The van der Waals surface area contributed by atoms with E-state index >= 15 is 0 Å². The number of carbonyl (C=O) groups excluding carboxylic acids is 2. The molecule has 0 unspecified atom stereocenters. The van der Waals surface area contributed by atoms with Crippen molar-refractivity contribution in [2.75, 3.05) is 12.8 Å². The molecule has 0 bridgehead atoms. The minimum atomic E-state index is -0.108. The van der Waals surface area contributed by atoms with Crippen LogP contribution in [0.1, 0.15) is 12.5 Å². The van der Waals surface area contributed by atoms with Crippen LogP contribution in [0.2, 0.25) is 0 Å². The van der Waals surface area contributed by atoms with Crippen LogP contribution < -0.4 is 5.32 Å². The van der Waals surface area contributed by atoms with Crippen LogP contribution in [0.5, 0.6) is 0 Å². The van der Waals surface area contributed by atoms with Crippen LogP contribution >= 0.6 is 11.8 Å². The van der Waals surface area contributed by atoms with Crippen molar-refractivity contribution in [3.05, 3.63) is 35.9 Å². The van der Waals surface area contributed by atoms with Crippen molar-refractivity contribution in [1.82, 2.24) is 10.2 Å². The molecule has 19 heavy (non-hydrogen) atoms. The van der Waals surface area contributed by atoms with Gasteiger partial charge in [-0.3, -0.25) is 9.59 Å². The molecule has 2 atom stereocenters. The average Bonchev–Trinajstić information content (AvgIpc) is 2.45. The lowest BCUT2D eigenvalue weighted by atomic mass is 10.0. The number of amides is 2. The molecule has 0 saturated carbocycles. The second-order valence-electron chi connectivity index (χ2n) is 4.64. The summed E-state index contributed by atoms with van der Waals surface area (Å²) in [5.74, 6) is -0.0192. The maximum absolute atomic E-state index is 11.8. The molecule has 1 saturated heterocycles. The SMILES string of the molecule is CS[C@@H]1[C@@H](C)C(=O)N1CC(=O)NCc1ccccc1.